The first-order valence-electron chi connectivity index (χ1n) is 9.56. The number of ether oxygens (including phenoxy) is 2. The van der Waals surface area contributed by atoms with E-state index in [-0.39, 0.29) is 0 Å². The van der Waals surface area contributed by atoms with E-state index in [1.54, 1.807) is 13.8 Å². The highest BCUT2D eigenvalue weighted by Crippen LogP contribution is 2.43. The lowest BCUT2D eigenvalue weighted by atomic mass is 9.97. The molecule has 0 heterocycles. The number of rotatable bonds is 6. The van der Waals surface area contributed by atoms with Crippen molar-refractivity contribution in [1.82, 2.24) is 0 Å². The summed E-state index contributed by atoms with van der Waals surface area (Å²) in [5.41, 5.74) is 1.73. The van der Waals surface area contributed by atoms with Gasteiger partial charge in [-0.15, -0.1) is 0 Å². The lowest BCUT2D eigenvalue weighted by Crippen LogP contribution is -2.11. The Bertz CT molecular complexity index is 1150. The van der Waals surface area contributed by atoms with Crippen molar-refractivity contribution in [3.05, 3.63) is 72.3 Å². The van der Waals surface area contributed by atoms with Crippen LogP contribution in [0.25, 0.3) is 21.5 Å². The lowest BCUT2D eigenvalue weighted by molar-refractivity contribution is -0.130. The molecule has 0 radical (unpaired) electrons. The summed E-state index contributed by atoms with van der Waals surface area (Å²) in [5.74, 6) is -0.122. The van der Waals surface area contributed by atoms with Gasteiger partial charge in [0, 0.05) is 32.7 Å². The lowest BCUT2D eigenvalue weighted by Gasteiger charge is -2.17. The smallest absolute Gasteiger partial charge is 0.338 e. The minimum absolute atomic E-state index is 0.308. The van der Waals surface area contributed by atoms with Gasteiger partial charge in [0.15, 0.2) is 0 Å². The fraction of sp³-hybridized carbons (Fsp3) is 0.200. The summed E-state index contributed by atoms with van der Waals surface area (Å²) in [5, 5.41) is 2.78. The Morgan fingerprint density at radius 3 is 1.76 bits per heavy atom. The van der Waals surface area contributed by atoms with E-state index in [0.29, 0.717) is 44.2 Å². The molecule has 0 fully saturated rings. The SMILES string of the molecule is C=C(C)C(=O)Oc1c2ccccc2c(OC(=O)C(=C)C)c2cc(CCC)ccc12. The van der Waals surface area contributed by atoms with E-state index in [4.69, 9.17) is 9.47 Å². The number of benzene rings is 3. The third kappa shape index (κ3) is 4.06. The molecular weight excluding hydrogens is 364 g/mol. The van der Waals surface area contributed by atoms with Crippen LogP contribution in [0.15, 0.2) is 66.8 Å². The second kappa shape index (κ2) is 8.31. The van der Waals surface area contributed by atoms with Crippen molar-refractivity contribution in [2.24, 2.45) is 0 Å². The monoisotopic (exact) mass is 388 g/mol. The highest BCUT2D eigenvalue weighted by atomic mass is 16.5. The number of carbonyl (C=O) groups excluding carboxylic acids is 2. The molecule has 3 aromatic rings. The number of hydrogen-bond acceptors (Lipinski definition) is 4. The number of hydrogen-bond donors (Lipinski definition) is 0. The van der Waals surface area contributed by atoms with Gasteiger partial charge in [0.25, 0.3) is 0 Å². The highest BCUT2D eigenvalue weighted by Gasteiger charge is 2.20. The Balaban J connectivity index is 2.38. The molecule has 0 atom stereocenters. The second-order valence-electron chi connectivity index (χ2n) is 7.17. The van der Waals surface area contributed by atoms with Crippen LogP contribution in [-0.4, -0.2) is 11.9 Å². The van der Waals surface area contributed by atoms with Crippen molar-refractivity contribution in [3.8, 4) is 11.5 Å². The maximum Gasteiger partial charge on any atom is 0.338 e. The van der Waals surface area contributed by atoms with E-state index in [2.05, 4.69) is 20.1 Å². The van der Waals surface area contributed by atoms with Crippen LogP contribution in [0.2, 0.25) is 0 Å². The van der Waals surface area contributed by atoms with Crippen molar-refractivity contribution in [1.29, 1.82) is 0 Å². The van der Waals surface area contributed by atoms with E-state index in [1.165, 1.54) is 0 Å². The Labute approximate surface area is 170 Å². The first-order valence-corrected chi connectivity index (χ1v) is 9.56. The Morgan fingerprint density at radius 1 is 0.793 bits per heavy atom. The molecule has 29 heavy (non-hydrogen) atoms. The normalized spacial score (nSPS) is 10.7. The molecule has 0 saturated heterocycles. The number of aryl methyl sites for hydroxylation is 1. The minimum atomic E-state index is -0.499. The first-order chi connectivity index (χ1) is 13.8. The van der Waals surface area contributed by atoms with Gasteiger partial charge in [-0.05, 0) is 31.9 Å². The fourth-order valence-electron chi connectivity index (χ4n) is 3.17. The van der Waals surface area contributed by atoms with Crippen LogP contribution in [0.4, 0.5) is 0 Å². The summed E-state index contributed by atoms with van der Waals surface area (Å²) in [6.45, 7) is 12.7. The van der Waals surface area contributed by atoms with E-state index in [1.807, 2.05) is 42.5 Å². The van der Waals surface area contributed by atoms with Gasteiger partial charge < -0.3 is 9.47 Å². The van der Waals surface area contributed by atoms with Gasteiger partial charge in [-0.2, -0.15) is 0 Å². The summed E-state index contributed by atoms with van der Waals surface area (Å²) in [7, 11) is 0. The summed E-state index contributed by atoms with van der Waals surface area (Å²) < 4.78 is 11.5. The maximum atomic E-state index is 12.3. The van der Waals surface area contributed by atoms with E-state index in [9.17, 15) is 9.59 Å². The maximum absolute atomic E-state index is 12.3. The predicted molar refractivity (Wildman–Crippen MR) is 116 cm³/mol. The summed E-state index contributed by atoms with van der Waals surface area (Å²) in [6.07, 6.45) is 1.87. The molecule has 0 spiro atoms. The van der Waals surface area contributed by atoms with Crippen molar-refractivity contribution < 1.29 is 19.1 Å². The molecular formula is C25H24O4. The third-order valence-electron chi connectivity index (χ3n) is 4.61. The molecule has 0 aliphatic heterocycles. The number of esters is 2. The van der Waals surface area contributed by atoms with E-state index >= 15 is 0 Å². The molecule has 148 valence electrons. The largest absolute Gasteiger partial charge is 0.422 e. The van der Waals surface area contributed by atoms with Gasteiger partial charge in [0.1, 0.15) is 11.5 Å². The van der Waals surface area contributed by atoms with Crippen molar-refractivity contribution >= 4 is 33.5 Å². The molecule has 4 nitrogen and oxygen atoms in total. The Kier molecular flexibility index (Phi) is 5.83. The summed E-state index contributed by atoms with van der Waals surface area (Å²) in [6, 6.07) is 13.3. The molecule has 0 aromatic heterocycles. The minimum Gasteiger partial charge on any atom is -0.422 e. The standard InChI is InChI=1S/C25H24O4/c1-6-9-17-12-13-20-21(14-17)23(29-25(27)16(4)5)19-11-8-7-10-18(19)22(20)28-24(26)15(2)3/h7-8,10-14H,2,4,6,9H2,1,3,5H3. The molecule has 3 aromatic carbocycles. The third-order valence-corrected chi connectivity index (χ3v) is 4.61. The van der Waals surface area contributed by atoms with Gasteiger partial charge in [0.2, 0.25) is 0 Å². The van der Waals surface area contributed by atoms with Crippen LogP contribution in [0.3, 0.4) is 0 Å². The molecule has 0 saturated carbocycles. The van der Waals surface area contributed by atoms with Crippen LogP contribution in [0.1, 0.15) is 32.8 Å². The molecule has 0 aliphatic carbocycles. The molecule has 0 bridgehead atoms. The van der Waals surface area contributed by atoms with Crippen LogP contribution >= 0.6 is 0 Å². The molecule has 4 heteroatoms. The zero-order valence-corrected chi connectivity index (χ0v) is 17.0. The second-order valence-corrected chi connectivity index (χ2v) is 7.17. The molecule has 0 unspecified atom stereocenters. The van der Waals surface area contributed by atoms with Crippen molar-refractivity contribution in [2.45, 2.75) is 33.6 Å². The average Bonchev–Trinajstić information content (AvgIpc) is 2.70. The molecule has 3 rings (SSSR count). The van der Waals surface area contributed by atoms with Gasteiger partial charge in [-0.3, -0.25) is 0 Å². The number of carbonyl (C=O) groups is 2. The van der Waals surface area contributed by atoms with Gasteiger partial charge in [0.05, 0.1) is 0 Å². The molecule has 0 aliphatic rings. The number of fused-ring (bicyclic) bond motifs is 2. The van der Waals surface area contributed by atoms with E-state index < -0.39 is 11.9 Å². The molecule has 0 amide bonds. The summed E-state index contributed by atoms with van der Waals surface area (Å²) in [4.78, 5) is 24.6. The zero-order valence-electron chi connectivity index (χ0n) is 17.0. The predicted octanol–water partition coefficient (Wildman–Crippen LogP) is 5.91. The van der Waals surface area contributed by atoms with Crippen LogP contribution in [0, 0.1) is 0 Å². The Morgan fingerprint density at radius 2 is 1.28 bits per heavy atom. The van der Waals surface area contributed by atoms with Crippen LogP contribution in [-0.2, 0) is 16.0 Å². The van der Waals surface area contributed by atoms with E-state index in [0.717, 1.165) is 18.4 Å². The van der Waals surface area contributed by atoms with Gasteiger partial charge in [-0.1, -0.05) is 62.9 Å². The van der Waals surface area contributed by atoms with Gasteiger partial charge in [-0.25, -0.2) is 9.59 Å². The van der Waals surface area contributed by atoms with Gasteiger partial charge >= 0.3 is 11.9 Å². The highest BCUT2D eigenvalue weighted by molar-refractivity contribution is 6.13. The van der Waals surface area contributed by atoms with Crippen LogP contribution in [0.5, 0.6) is 11.5 Å². The van der Waals surface area contributed by atoms with Crippen LogP contribution < -0.4 is 9.47 Å². The first kappa shape index (κ1) is 20.3. The van der Waals surface area contributed by atoms with Crippen molar-refractivity contribution in [2.75, 3.05) is 0 Å². The fourth-order valence-corrected chi connectivity index (χ4v) is 3.17. The Hall–Kier alpha value is -3.40. The van der Waals surface area contributed by atoms with Crippen molar-refractivity contribution in [3.63, 3.8) is 0 Å². The summed E-state index contributed by atoms with van der Waals surface area (Å²) >= 11 is 0. The zero-order chi connectivity index (χ0) is 21.1. The quantitative estimate of drug-likeness (QED) is 0.228. The average molecular weight is 388 g/mol. The molecule has 0 N–H and O–H groups in total. The topological polar surface area (TPSA) is 52.6 Å².